The van der Waals surface area contributed by atoms with Crippen molar-refractivity contribution in [2.75, 3.05) is 25.7 Å². The van der Waals surface area contributed by atoms with Crippen LogP contribution in [0.5, 0.6) is 0 Å². The maximum atomic E-state index is 10.8. The third kappa shape index (κ3) is 14.6. The molecule has 128 valence electrons. The summed E-state index contributed by atoms with van der Waals surface area (Å²) in [5.74, 6) is -0.608. The molecular formula is C16H24N2O4S. The van der Waals surface area contributed by atoms with Crippen LogP contribution in [0.2, 0.25) is 0 Å². The molecule has 1 saturated carbocycles. The van der Waals surface area contributed by atoms with E-state index in [-0.39, 0.29) is 34.6 Å². The largest absolute Gasteiger partial charge is 0.611 e. The number of ether oxygens (including phenoxy) is 2. The molecule has 0 radical (unpaired) electrons. The molecule has 23 heavy (non-hydrogen) atoms. The van der Waals surface area contributed by atoms with Crippen LogP contribution in [0.15, 0.2) is 24.0 Å². The first-order valence-electron chi connectivity index (χ1n) is 7.02. The van der Waals surface area contributed by atoms with E-state index in [1.807, 2.05) is 18.6 Å². The Morgan fingerprint density at radius 1 is 1.35 bits per heavy atom. The van der Waals surface area contributed by atoms with E-state index in [2.05, 4.69) is 11.3 Å². The smallest absolute Gasteiger partial charge is 0.310 e. The van der Waals surface area contributed by atoms with Gasteiger partial charge < -0.3 is 14.6 Å². The molecule has 0 aromatic carbocycles. The van der Waals surface area contributed by atoms with Gasteiger partial charge in [0.15, 0.2) is 0 Å². The number of nitriles is 2. The Labute approximate surface area is 141 Å². The van der Waals surface area contributed by atoms with Crippen LogP contribution >= 0.6 is 0 Å². The third-order valence-electron chi connectivity index (χ3n) is 2.26. The molecule has 0 bridgehead atoms. The zero-order valence-corrected chi connectivity index (χ0v) is 14.9. The highest BCUT2D eigenvalue weighted by molar-refractivity contribution is 7.98. The minimum atomic E-state index is -0.214. The van der Waals surface area contributed by atoms with Gasteiger partial charge in [0.2, 0.25) is 0 Å². The molecule has 2 unspecified atom stereocenters. The Morgan fingerprint density at radius 3 is 2.17 bits per heavy atom. The first-order valence-corrected chi connectivity index (χ1v) is 9.12. The SMILES string of the molecule is C=CC#N.CCOC(=O)C1CC1C#N.CCOC([O-])=C[S+](C)C. The fourth-order valence-corrected chi connectivity index (χ4v) is 1.67. The molecule has 0 saturated heterocycles. The van der Waals surface area contributed by atoms with Crippen molar-refractivity contribution in [2.45, 2.75) is 20.3 Å². The Balaban J connectivity index is 0. The van der Waals surface area contributed by atoms with Gasteiger partial charge in [-0.2, -0.15) is 10.5 Å². The molecule has 7 heteroatoms. The predicted molar refractivity (Wildman–Crippen MR) is 88.6 cm³/mol. The van der Waals surface area contributed by atoms with Gasteiger partial charge in [-0.1, -0.05) is 13.5 Å². The van der Waals surface area contributed by atoms with E-state index >= 15 is 0 Å². The van der Waals surface area contributed by atoms with Gasteiger partial charge in [0.1, 0.15) is 23.9 Å². The van der Waals surface area contributed by atoms with E-state index in [1.54, 1.807) is 25.3 Å². The van der Waals surface area contributed by atoms with Gasteiger partial charge in [-0.05, 0) is 20.0 Å². The molecule has 0 aliphatic heterocycles. The zero-order valence-electron chi connectivity index (χ0n) is 14.1. The Morgan fingerprint density at radius 2 is 1.87 bits per heavy atom. The van der Waals surface area contributed by atoms with Crippen LogP contribution in [-0.2, 0) is 25.2 Å². The minimum absolute atomic E-state index is 0.0533. The lowest BCUT2D eigenvalue weighted by molar-refractivity contribution is -0.356. The summed E-state index contributed by atoms with van der Waals surface area (Å²) in [6, 6.07) is 3.72. The van der Waals surface area contributed by atoms with Gasteiger partial charge >= 0.3 is 5.97 Å². The van der Waals surface area contributed by atoms with E-state index < -0.39 is 0 Å². The van der Waals surface area contributed by atoms with Crippen molar-refractivity contribution >= 4 is 16.9 Å². The number of rotatable bonds is 5. The maximum absolute atomic E-state index is 10.8. The molecular weight excluding hydrogens is 316 g/mol. The van der Waals surface area contributed by atoms with Crippen LogP contribution < -0.4 is 5.11 Å². The highest BCUT2D eigenvalue weighted by atomic mass is 32.2. The summed E-state index contributed by atoms with van der Waals surface area (Å²) in [4.78, 5) is 10.8. The third-order valence-corrected chi connectivity index (χ3v) is 2.92. The van der Waals surface area contributed by atoms with Crippen molar-refractivity contribution in [2.24, 2.45) is 11.8 Å². The second-order valence-electron chi connectivity index (χ2n) is 4.41. The van der Waals surface area contributed by atoms with Gasteiger partial charge in [0, 0.05) is 17.0 Å². The summed E-state index contributed by atoms with van der Waals surface area (Å²) in [7, 11) is 0.0533. The van der Waals surface area contributed by atoms with Gasteiger partial charge in [0.25, 0.3) is 0 Å². The van der Waals surface area contributed by atoms with E-state index in [0.29, 0.717) is 19.6 Å². The molecule has 0 amide bonds. The van der Waals surface area contributed by atoms with Gasteiger partial charge in [-0.15, -0.1) is 0 Å². The summed E-state index contributed by atoms with van der Waals surface area (Å²) in [6.45, 7) is 7.56. The average Bonchev–Trinajstić information content (AvgIpc) is 3.27. The van der Waals surface area contributed by atoms with Crippen LogP contribution in [0.4, 0.5) is 0 Å². The van der Waals surface area contributed by atoms with Crippen molar-refractivity contribution < 1.29 is 19.4 Å². The van der Waals surface area contributed by atoms with E-state index in [1.165, 1.54) is 6.08 Å². The van der Waals surface area contributed by atoms with Crippen LogP contribution in [0, 0.1) is 34.5 Å². The van der Waals surface area contributed by atoms with E-state index in [0.717, 1.165) is 0 Å². The van der Waals surface area contributed by atoms with Gasteiger partial charge in [-0.3, -0.25) is 4.79 Å². The molecule has 1 aliphatic rings. The monoisotopic (exact) mass is 340 g/mol. The molecule has 1 aliphatic carbocycles. The lowest BCUT2D eigenvalue weighted by atomic mass is 10.3. The number of carbonyl (C=O) groups excluding carboxylic acids is 1. The first kappa shape index (κ1) is 23.2. The summed E-state index contributed by atoms with van der Waals surface area (Å²) >= 11 is 0. The first-order chi connectivity index (χ1) is 10.9. The predicted octanol–water partition coefficient (Wildman–Crippen LogP) is 1.47. The normalized spacial score (nSPS) is 18.0. The number of esters is 1. The summed E-state index contributed by atoms with van der Waals surface area (Å²) in [5.41, 5.74) is 0. The van der Waals surface area contributed by atoms with Crippen LogP contribution in [0.3, 0.4) is 0 Å². The van der Waals surface area contributed by atoms with Crippen LogP contribution in [0.1, 0.15) is 20.3 Å². The Kier molecular flexibility index (Phi) is 14.9. The van der Waals surface area contributed by atoms with Crippen molar-refractivity contribution in [3.8, 4) is 12.1 Å². The zero-order chi connectivity index (χ0) is 18.3. The Bertz CT molecular complexity index is 464. The fourth-order valence-electron chi connectivity index (χ4n) is 1.22. The molecule has 1 rings (SSSR count). The van der Waals surface area contributed by atoms with E-state index in [9.17, 15) is 9.90 Å². The molecule has 1 fully saturated rings. The van der Waals surface area contributed by atoms with Crippen molar-refractivity contribution in [3.63, 3.8) is 0 Å². The van der Waals surface area contributed by atoms with Crippen LogP contribution in [0.25, 0.3) is 0 Å². The molecule has 0 aromatic rings. The second kappa shape index (κ2) is 14.8. The second-order valence-corrected chi connectivity index (χ2v) is 6.41. The van der Waals surface area contributed by atoms with Crippen molar-refractivity contribution in [3.05, 3.63) is 24.0 Å². The lowest BCUT2D eigenvalue weighted by Crippen LogP contribution is -2.09. The fraction of sp³-hybridized carbons (Fsp3) is 0.562. The van der Waals surface area contributed by atoms with Crippen molar-refractivity contribution in [1.82, 2.24) is 0 Å². The van der Waals surface area contributed by atoms with Crippen molar-refractivity contribution in [1.29, 1.82) is 10.5 Å². The molecule has 2 atom stereocenters. The number of nitrogens with zero attached hydrogens (tertiary/aromatic N) is 2. The molecule has 0 spiro atoms. The quantitative estimate of drug-likeness (QED) is 0.325. The average molecular weight is 340 g/mol. The van der Waals surface area contributed by atoms with E-state index in [4.69, 9.17) is 15.3 Å². The standard InChI is InChI=1S/C7H9NO2.C6H12O2S.C3H3N/c1-2-10-7(9)6-3-5(6)4-8;1-4-8-6(7)5-9(2)3;1-2-3-4/h5-6H,2-3H2,1H3;5H,4H2,1-3H3;2H,1H2. The highest BCUT2D eigenvalue weighted by Crippen LogP contribution is 2.38. The van der Waals surface area contributed by atoms with Crippen LogP contribution in [-0.4, -0.2) is 31.7 Å². The summed E-state index contributed by atoms with van der Waals surface area (Å²) < 4.78 is 9.37. The number of hydrogen-bond acceptors (Lipinski definition) is 6. The number of carbonyl (C=O) groups is 1. The van der Waals surface area contributed by atoms with Gasteiger partial charge in [-0.25, -0.2) is 0 Å². The number of allylic oxidation sites excluding steroid dienone is 1. The lowest BCUT2D eigenvalue weighted by Gasteiger charge is -2.09. The number of hydrogen-bond donors (Lipinski definition) is 0. The highest BCUT2D eigenvalue weighted by Gasteiger charge is 2.44. The summed E-state index contributed by atoms with van der Waals surface area (Å²) in [6.07, 6.45) is 5.81. The molecule has 0 N–H and O–H groups in total. The molecule has 0 heterocycles. The molecule has 6 nitrogen and oxygen atoms in total. The molecule has 0 aromatic heterocycles. The Hall–Kier alpha value is -2.12. The summed E-state index contributed by atoms with van der Waals surface area (Å²) in [5, 5.41) is 28.0. The minimum Gasteiger partial charge on any atom is -0.611 e. The topological polar surface area (TPSA) is 106 Å². The maximum Gasteiger partial charge on any atom is 0.310 e. The van der Waals surface area contributed by atoms with Gasteiger partial charge in [0.05, 0.1) is 30.6 Å².